The van der Waals surface area contributed by atoms with Crippen molar-refractivity contribution in [3.8, 4) is 0 Å². The van der Waals surface area contributed by atoms with Crippen molar-refractivity contribution in [3.05, 3.63) is 57.5 Å². The summed E-state index contributed by atoms with van der Waals surface area (Å²) in [6, 6.07) is 13.4. The van der Waals surface area contributed by atoms with Gasteiger partial charge in [-0.05, 0) is 45.8 Å². The fourth-order valence-electron chi connectivity index (χ4n) is 2.19. The number of thioether (sulfide) groups is 1. The van der Waals surface area contributed by atoms with Crippen LogP contribution in [0, 0.1) is 0 Å². The van der Waals surface area contributed by atoms with E-state index in [1.807, 2.05) is 24.3 Å². The topological polar surface area (TPSA) is 29.1 Å². The lowest BCUT2D eigenvalue weighted by molar-refractivity contribution is -0.117. The summed E-state index contributed by atoms with van der Waals surface area (Å²) >= 11 is 11.1. The molecule has 5 heteroatoms. The molecule has 1 aliphatic rings. The fourth-order valence-corrected chi connectivity index (χ4v) is 3.94. The zero-order valence-corrected chi connectivity index (χ0v) is 13.6. The Balaban J connectivity index is 1.83. The normalized spacial score (nSPS) is 16.8. The quantitative estimate of drug-likeness (QED) is 0.814. The molecular weight excluding hydrogens is 358 g/mol. The average molecular weight is 369 g/mol. The molecule has 1 amide bonds. The van der Waals surface area contributed by atoms with Crippen LogP contribution in [0.1, 0.15) is 11.5 Å². The number of carbonyl (C=O) groups excluding carboxylic acids is 1. The monoisotopic (exact) mass is 367 g/mol. The van der Waals surface area contributed by atoms with Crippen LogP contribution in [0.3, 0.4) is 0 Å². The summed E-state index contributed by atoms with van der Waals surface area (Å²) in [5.74, 6) is 0.677. The Hall–Kier alpha value is -0.970. The molecule has 1 heterocycles. The van der Waals surface area contributed by atoms with Crippen molar-refractivity contribution in [2.75, 3.05) is 11.1 Å². The molecule has 102 valence electrons. The van der Waals surface area contributed by atoms with Crippen LogP contribution in [0.15, 0.2) is 51.8 Å². The fraction of sp³-hybridized carbons (Fsp3) is 0.133. The zero-order valence-electron chi connectivity index (χ0n) is 10.4. The molecule has 0 fully saturated rings. The van der Waals surface area contributed by atoms with Crippen molar-refractivity contribution in [3.63, 3.8) is 0 Å². The highest BCUT2D eigenvalue weighted by molar-refractivity contribution is 9.10. The number of anilines is 1. The summed E-state index contributed by atoms with van der Waals surface area (Å²) in [5.41, 5.74) is 1.81. The summed E-state index contributed by atoms with van der Waals surface area (Å²) in [6.07, 6.45) is 0. The summed E-state index contributed by atoms with van der Waals surface area (Å²) in [6.45, 7) is 0. The molecule has 2 nitrogen and oxygen atoms in total. The standard InChI is InChI=1S/C15H11BrClNOS/c16-12-6-5-9(17)7-13(12)18-15(19)11-8-20-14-4-2-1-3-10(11)14/h1-7,11H,8H2,(H,18,19). The van der Waals surface area contributed by atoms with Crippen LogP contribution in [0.25, 0.3) is 0 Å². The minimum absolute atomic E-state index is 0.00502. The molecule has 3 rings (SSSR count). The van der Waals surface area contributed by atoms with Crippen molar-refractivity contribution < 1.29 is 4.79 Å². The van der Waals surface area contributed by atoms with Gasteiger partial charge in [-0.2, -0.15) is 0 Å². The molecule has 0 spiro atoms. The number of hydrogen-bond donors (Lipinski definition) is 1. The van der Waals surface area contributed by atoms with Gasteiger partial charge < -0.3 is 5.32 Å². The van der Waals surface area contributed by atoms with E-state index < -0.39 is 0 Å². The van der Waals surface area contributed by atoms with E-state index in [9.17, 15) is 4.79 Å². The highest BCUT2D eigenvalue weighted by Gasteiger charge is 2.29. The van der Waals surface area contributed by atoms with Gasteiger partial charge in [0.05, 0.1) is 11.6 Å². The molecule has 2 aromatic rings. The van der Waals surface area contributed by atoms with Gasteiger partial charge in [0, 0.05) is 20.1 Å². The first kappa shape index (κ1) is 14.0. The highest BCUT2D eigenvalue weighted by Crippen LogP contribution is 2.40. The van der Waals surface area contributed by atoms with E-state index in [1.165, 1.54) is 4.90 Å². The minimum Gasteiger partial charge on any atom is -0.324 e. The Bertz CT molecular complexity index is 677. The van der Waals surface area contributed by atoms with Crippen molar-refractivity contribution in [2.45, 2.75) is 10.8 Å². The Kier molecular flexibility index (Phi) is 4.06. The predicted molar refractivity (Wildman–Crippen MR) is 87.7 cm³/mol. The number of fused-ring (bicyclic) bond motifs is 1. The number of nitrogens with one attached hydrogen (secondary N) is 1. The summed E-state index contributed by atoms with van der Waals surface area (Å²) in [4.78, 5) is 13.6. The third-order valence-corrected chi connectivity index (χ3v) is 5.31. The average Bonchev–Trinajstić information content (AvgIpc) is 2.87. The molecule has 0 saturated heterocycles. The number of rotatable bonds is 2. The molecule has 1 N–H and O–H groups in total. The molecule has 0 saturated carbocycles. The first-order valence-corrected chi connectivity index (χ1v) is 8.28. The Labute approximate surface area is 135 Å². The number of halogens is 2. The predicted octanol–water partition coefficient (Wildman–Crippen LogP) is 4.93. The van der Waals surface area contributed by atoms with E-state index in [1.54, 1.807) is 23.9 Å². The maximum Gasteiger partial charge on any atom is 0.232 e. The summed E-state index contributed by atoms with van der Waals surface area (Å²) < 4.78 is 0.828. The largest absolute Gasteiger partial charge is 0.324 e. The maximum atomic E-state index is 12.5. The zero-order chi connectivity index (χ0) is 14.1. The van der Waals surface area contributed by atoms with Crippen LogP contribution in [0.4, 0.5) is 5.69 Å². The van der Waals surface area contributed by atoms with Gasteiger partial charge in [-0.3, -0.25) is 4.79 Å². The van der Waals surface area contributed by atoms with Crippen molar-refractivity contribution in [2.24, 2.45) is 0 Å². The molecule has 0 bridgehead atoms. The van der Waals surface area contributed by atoms with Gasteiger partial charge in [0.25, 0.3) is 0 Å². The molecular formula is C15H11BrClNOS. The third kappa shape index (κ3) is 2.73. The summed E-state index contributed by atoms with van der Waals surface area (Å²) in [5, 5.41) is 3.55. The second-order valence-electron chi connectivity index (χ2n) is 4.51. The lowest BCUT2D eigenvalue weighted by Crippen LogP contribution is -2.21. The van der Waals surface area contributed by atoms with Gasteiger partial charge in [0.1, 0.15) is 0 Å². The van der Waals surface area contributed by atoms with E-state index >= 15 is 0 Å². The minimum atomic E-state index is -0.109. The van der Waals surface area contributed by atoms with Crippen LogP contribution in [0.2, 0.25) is 5.02 Å². The van der Waals surface area contributed by atoms with Crippen LogP contribution >= 0.6 is 39.3 Å². The van der Waals surface area contributed by atoms with E-state index in [-0.39, 0.29) is 11.8 Å². The molecule has 1 unspecified atom stereocenters. The Morgan fingerprint density at radius 1 is 1.30 bits per heavy atom. The number of amides is 1. The first-order valence-electron chi connectivity index (χ1n) is 6.13. The number of carbonyl (C=O) groups is 1. The molecule has 0 radical (unpaired) electrons. The van der Waals surface area contributed by atoms with E-state index in [0.29, 0.717) is 10.7 Å². The highest BCUT2D eigenvalue weighted by atomic mass is 79.9. The number of benzene rings is 2. The second kappa shape index (κ2) is 5.80. The van der Waals surface area contributed by atoms with Crippen molar-refractivity contribution in [1.82, 2.24) is 0 Å². The van der Waals surface area contributed by atoms with Gasteiger partial charge in [0.2, 0.25) is 5.91 Å². The van der Waals surface area contributed by atoms with E-state index in [2.05, 4.69) is 27.3 Å². The van der Waals surface area contributed by atoms with Crippen molar-refractivity contribution in [1.29, 1.82) is 0 Å². The smallest absolute Gasteiger partial charge is 0.232 e. The van der Waals surface area contributed by atoms with Crippen LogP contribution in [-0.2, 0) is 4.79 Å². The van der Waals surface area contributed by atoms with Crippen LogP contribution in [-0.4, -0.2) is 11.7 Å². The first-order chi connectivity index (χ1) is 9.65. The lowest BCUT2D eigenvalue weighted by Gasteiger charge is -2.13. The molecule has 0 aromatic heterocycles. The maximum absolute atomic E-state index is 12.5. The molecule has 20 heavy (non-hydrogen) atoms. The van der Waals surface area contributed by atoms with Crippen LogP contribution < -0.4 is 5.32 Å². The van der Waals surface area contributed by atoms with Crippen LogP contribution in [0.5, 0.6) is 0 Å². The Morgan fingerprint density at radius 3 is 2.95 bits per heavy atom. The molecule has 1 atom stereocenters. The Morgan fingerprint density at radius 2 is 2.10 bits per heavy atom. The SMILES string of the molecule is O=C(Nc1cc(Cl)ccc1Br)C1CSc2ccccc21. The van der Waals surface area contributed by atoms with Gasteiger partial charge in [-0.25, -0.2) is 0 Å². The molecule has 0 aliphatic carbocycles. The van der Waals surface area contributed by atoms with Crippen molar-refractivity contribution >= 4 is 50.9 Å². The molecule has 1 aliphatic heterocycles. The summed E-state index contributed by atoms with van der Waals surface area (Å²) in [7, 11) is 0. The van der Waals surface area contributed by atoms with Gasteiger partial charge in [-0.1, -0.05) is 29.8 Å². The van der Waals surface area contributed by atoms with E-state index in [0.717, 1.165) is 15.8 Å². The number of hydrogen-bond acceptors (Lipinski definition) is 2. The lowest BCUT2D eigenvalue weighted by atomic mass is 10.0. The van der Waals surface area contributed by atoms with Gasteiger partial charge in [-0.15, -0.1) is 11.8 Å². The van der Waals surface area contributed by atoms with Gasteiger partial charge >= 0.3 is 0 Å². The van der Waals surface area contributed by atoms with Gasteiger partial charge in [0.15, 0.2) is 0 Å². The third-order valence-electron chi connectivity index (χ3n) is 3.20. The molecule has 2 aromatic carbocycles. The van der Waals surface area contributed by atoms with E-state index in [4.69, 9.17) is 11.6 Å². The second-order valence-corrected chi connectivity index (χ2v) is 6.87.